The summed E-state index contributed by atoms with van der Waals surface area (Å²) in [4.78, 5) is 6.84. The molecule has 1 saturated heterocycles. The van der Waals surface area contributed by atoms with Crippen molar-refractivity contribution in [1.29, 1.82) is 0 Å². The number of methoxy groups -OCH3 is 3. The molecule has 2 heterocycles. The molecule has 2 aliphatic rings. The van der Waals surface area contributed by atoms with Gasteiger partial charge in [0.05, 0.1) is 19.8 Å². The maximum absolute atomic E-state index is 6.19. The lowest BCUT2D eigenvalue weighted by Crippen LogP contribution is -2.52. The van der Waals surface area contributed by atoms with Gasteiger partial charge in [0.2, 0.25) is 5.88 Å². The van der Waals surface area contributed by atoms with Crippen molar-refractivity contribution in [3.05, 3.63) is 48.2 Å². The predicted octanol–water partition coefficient (Wildman–Crippen LogP) is 3.69. The number of hydrogen-bond donors (Lipinski definition) is 0. The molecule has 0 spiro atoms. The number of likely N-dealkylation sites (tertiary alicyclic amines) is 1. The molecule has 1 aromatic carbocycles. The molecule has 1 saturated carbocycles. The molecule has 3 atom stereocenters. The third kappa shape index (κ3) is 4.05. The lowest BCUT2D eigenvalue weighted by atomic mass is 9.79. The molecule has 2 aromatic rings. The molecule has 1 aromatic heterocycles. The van der Waals surface area contributed by atoms with Crippen molar-refractivity contribution in [2.45, 2.75) is 50.0 Å². The molecule has 1 aliphatic carbocycles. The van der Waals surface area contributed by atoms with E-state index < -0.39 is 0 Å². The summed E-state index contributed by atoms with van der Waals surface area (Å²) in [7, 11) is 5.23. The van der Waals surface area contributed by atoms with Gasteiger partial charge in [0.1, 0.15) is 17.6 Å². The number of benzene rings is 1. The van der Waals surface area contributed by atoms with Crippen LogP contribution in [0.5, 0.6) is 17.4 Å². The number of fused-ring (bicyclic) bond motifs is 1. The first-order valence-electron chi connectivity index (χ1n) is 10.3. The van der Waals surface area contributed by atoms with Crippen LogP contribution in [0.2, 0.25) is 0 Å². The molecule has 6 nitrogen and oxygen atoms in total. The van der Waals surface area contributed by atoms with Gasteiger partial charge in [0.25, 0.3) is 0 Å². The van der Waals surface area contributed by atoms with Crippen LogP contribution < -0.4 is 14.2 Å². The highest BCUT2D eigenvalue weighted by molar-refractivity contribution is 5.40. The Labute approximate surface area is 172 Å². The molecule has 0 unspecified atom stereocenters. The fraction of sp³-hybridized carbons (Fsp3) is 0.522. The number of pyridine rings is 1. The normalized spacial score (nSPS) is 26.7. The quantitative estimate of drug-likeness (QED) is 0.709. The average molecular weight is 399 g/mol. The fourth-order valence-corrected chi connectivity index (χ4v) is 4.84. The standard InChI is InChI=1S/C23H30N2O4/c1-26-18-8-7-17(20(14-18)27-2)16-25-13-11-23(28-3)10-9-19(15-21(23)25)29-22-6-4-5-12-24-22/h4-8,12,14,19,21H,9-11,13,15-16H2,1-3H3/t19-,21-,23+/m0/s1. The summed E-state index contributed by atoms with van der Waals surface area (Å²) in [6, 6.07) is 12.1. The molecule has 0 N–H and O–H groups in total. The van der Waals surface area contributed by atoms with Crippen molar-refractivity contribution >= 4 is 0 Å². The Morgan fingerprint density at radius 2 is 2.00 bits per heavy atom. The third-order valence-electron chi connectivity index (χ3n) is 6.45. The average Bonchev–Trinajstić information content (AvgIpc) is 3.13. The zero-order valence-corrected chi connectivity index (χ0v) is 17.5. The maximum Gasteiger partial charge on any atom is 0.213 e. The SMILES string of the molecule is COc1ccc(CN2CC[C@]3(OC)CC[C@H](Oc4ccccn4)C[C@H]23)c(OC)c1. The van der Waals surface area contributed by atoms with Crippen LogP contribution in [0.3, 0.4) is 0 Å². The predicted molar refractivity (Wildman–Crippen MR) is 111 cm³/mol. The van der Waals surface area contributed by atoms with Gasteiger partial charge in [-0.1, -0.05) is 12.1 Å². The van der Waals surface area contributed by atoms with E-state index in [0.29, 0.717) is 11.9 Å². The number of hydrogen-bond acceptors (Lipinski definition) is 6. The van der Waals surface area contributed by atoms with E-state index >= 15 is 0 Å². The Hall–Kier alpha value is -2.31. The van der Waals surface area contributed by atoms with E-state index in [1.807, 2.05) is 37.4 Å². The van der Waals surface area contributed by atoms with Gasteiger partial charge in [-0.2, -0.15) is 0 Å². The van der Waals surface area contributed by atoms with Crippen LogP contribution in [0.25, 0.3) is 0 Å². The van der Waals surface area contributed by atoms with E-state index in [-0.39, 0.29) is 11.7 Å². The first kappa shape index (κ1) is 20.0. The van der Waals surface area contributed by atoms with Crippen LogP contribution in [0, 0.1) is 0 Å². The van der Waals surface area contributed by atoms with Crippen LogP contribution in [0.4, 0.5) is 0 Å². The zero-order chi connectivity index (χ0) is 20.3. The Morgan fingerprint density at radius 1 is 1.10 bits per heavy atom. The highest BCUT2D eigenvalue weighted by Gasteiger charge is 2.51. The maximum atomic E-state index is 6.19. The van der Waals surface area contributed by atoms with Gasteiger partial charge in [0.15, 0.2) is 0 Å². The van der Waals surface area contributed by atoms with Gasteiger partial charge >= 0.3 is 0 Å². The smallest absolute Gasteiger partial charge is 0.213 e. The second-order valence-electron chi connectivity index (χ2n) is 7.87. The summed E-state index contributed by atoms with van der Waals surface area (Å²) in [6.07, 6.45) is 5.89. The van der Waals surface area contributed by atoms with Gasteiger partial charge in [-0.15, -0.1) is 0 Å². The molecule has 4 rings (SSSR count). The summed E-state index contributed by atoms with van der Waals surface area (Å²) in [5.41, 5.74) is 1.07. The highest BCUT2D eigenvalue weighted by atomic mass is 16.5. The summed E-state index contributed by atoms with van der Waals surface area (Å²) in [5.74, 6) is 2.36. The summed E-state index contributed by atoms with van der Waals surface area (Å²) < 4.78 is 23.2. The van der Waals surface area contributed by atoms with Gasteiger partial charge in [0, 0.05) is 56.6 Å². The minimum Gasteiger partial charge on any atom is -0.497 e. The minimum absolute atomic E-state index is 0.0936. The lowest BCUT2D eigenvalue weighted by Gasteiger charge is -2.43. The van der Waals surface area contributed by atoms with Gasteiger partial charge < -0.3 is 18.9 Å². The van der Waals surface area contributed by atoms with Crippen molar-refractivity contribution in [2.75, 3.05) is 27.9 Å². The highest BCUT2D eigenvalue weighted by Crippen LogP contribution is 2.44. The molecule has 0 amide bonds. The summed E-state index contributed by atoms with van der Waals surface area (Å²) >= 11 is 0. The topological polar surface area (TPSA) is 53.1 Å². The minimum atomic E-state index is -0.0936. The molecule has 1 aliphatic heterocycles. The number of rotatable bonds is 7. The largest absolute Gasteiger partial charge is 0.497 e. The van der Waals surface area contributed by atoms with Gasteiger partial charge in [-0.05, 0) is 31.4 Å². The fourth-order valence-electron chi connectivity index (χ4n) is 4.84. The number of aromatic nitrogens is 1. The summed E-state index contributed by atoms with van der Waals surface area (Å²) in [6.45, 7) is 1.82. The molecule has 29 heavy (non-hydrogen) atoms. The molecule has 156 valence electrons. The van der Waals surface area contributed by atoms with Crippen molar-refractivity contribution in [3.8, 4) is 17.4 Å². The second kappa shape index (κ2) is 8.59. The van der Waals surface area contributed by atoms with Crippen molar-refractivity contribution in [2.24, 2.45) is 0 Å². The molecule has 0 bridgehead atoms. The molecular formula is C23H30N2O4. The summed E-state index contributed by atoms with van der Waals surface area (Å²) in [5, 5.41) is 0. The number of ether oxygens (including phenoxy) is 4. The van der Waals surface area contributed by atoms with Crippen LogP contribution >= 0.6 is 0 Å². The van der Waals surface area contributed by atoms with Gasteiger partial charge in [-0.3, -0.25) is 4.90 Å². The Morgan fingerprint density at radius 3 is 2.72 bits per heavy atom. The van der Waals surface area contributed by atoms with E-state index in [4.69, 9.17) is 18.9 Å². The van der Waals surface area contributed by atoms with Crippen molar-refractivity contribution in [3.63, 3.8) is 0 Å². The molecule has 0 radical (unpaired) electrons. The monoisotopic (exact) mass is 398 g/mol. The van der Waals surface area contributed by atoms with Crippen molar-refractivity contribution in [1.82, 2.24) is 9.88 Å². The van der Waals surface area contributed by atoms with E-state index in [9.17, 15) is 0 Å². The van der Waals surface area contributed by atoms with Gasteiger partial charge in [-0.25, -0.2) is 4.98 Å². The lowest BCUT2D eigenvalue weighted by molar-refractivity contribution is -0.0843. The Kier molecular flexibility index (Phi) is 5.92. The van der Waals surface area contributed by atoms with Crippen LogP contribution in [-0.4, -0.2) is 55.5 Å². The Balaban J connectivity index is 1.51. The van der Waals surface area contributed by atoms with E-state index in [1.165, 1.54) is 0 Å². The molecular weight excluding hydrogens is 368 g/mol. The molecule has 6 heteroatoms. The van der Waals surface area contributed by atoms with E-state index in [1.54, 1.807) is 20.4 Å². The van der Waals surface area contributed by atoms with E-state index in [0.717, 1.165) is 55.8 Å². The van der Waals surface area contributed by atoms with Crippen molar-refractivity contribution < 1.29 is 18.9 Å². The van der Waals surface area contributed by atoms with Crippen LogP contribution in [0.15, 0.2) is 42.6 Å². The third-order valence-corrected chi connectivity index (χ3v) is 6.45. The van der Waals surface area contributed by atoms with Crippen LogP contribution in [-0.2, 0) is 11.3 Å². The number of nitrogens with zero attached hydrogens (tertiary/aromatic N) is 2. The first-order valence-corrected chi connectivity index (χ1v) is 10.3. The van der Waals surface area contributed by atoms with Crippen LogP contribution in [0.1, 0.15) is 31.2 Å². The molecule has 2 fully saturated rings. The first-order chi connectivity index (χ1) is 14.2. The second-order valence-corrected chi connectivity index (χ2v) is 7.87. The van der Waals surface area contributed by atoms with E-state index in [2.05, 4.69) is 16.0 Å². The Bertz CT molecular complexity index is 816. The zero-order valence-electron chi connectivity index (χ0n) is 17.5.